The number of nitrogens with zero attached hydrogens (tertiary/aromatic N) is 2. The molecule has 1 amide bonds. The number of carbonyl (C=O) groups excluding carboxylic acids is 1. The molecule has 0 aliphatic carbocycles. The first kappa shape index (κ1) is 15.6. The van der Waals surface area contributed by atoms with Crippen molar-refractivity contribution in [1.82, 2.24) is 5.01 Å². The number of amides is 1. The smallest absolute Gasteiger partial charge is 0.431 e. The summed E-state index contributed by atoms with van der Waals surface area (Å²) in [5.41, 5.74) is -4.31. The van der Waals surface area contributed by atoms with E-state index in [9.17, 15) is 23.1 Å². The highest BCUT2D eigenvalue weighted by atomic mass is 19.4. The van der Waals surface area contributed by atoms with Crippen molar-refractivity contribution in [2.24, 2.45) is 10.5 Å². The molecule has 2 rings (SSSR count). The van der Waals surface area contributed by atoms with Crippen LogP contribution in [0.1, 0.15) is 37.7 Å². The third kappa shape index (κ3) is 2.55. The lowest BCUT2D eigenvalue weighted by molar-refractivity contribution is -0.145. The molecule has 1 aromatic heterocycles. The molecule has 5 nitrogen and oxygen atoms in total. The van der Waals surface area contributed by atoms with E-state index in [-0.39, 0.29) is 5.76 Å². The quantitative estimate of drug-likeness (QED) is 0.867. The van der Waals surface area contributed by atoms with E-state index in [1.165, 1.54) is 39.2 Å². The zero-order valence-electron chi connectivity index (χ0n) is 11.7. The lowest BCUT2D eigenvalue weighted by atomic mass is 9.80. The second-order valence-corrected chi connectivity index (χ2v) is 5.88. The Kier molecular flexibility index (Phi) is 3.40. The van der Waals surface area contributed by atoms with Crippen molar-refractivity contribution in [3.8, 4) is 0 Å². The number of carbonyl (C=O) groups is 1. The lowest BCUT2D eigenvalue weighted by Crippen LogP contribution is -2.55. The predicted molar refractivity (Wildman–Crippen MR) is 67.4 cm³/mol. The van der Waals surface area contributed by atoms with Crippen molar-refractivity contribution in [3.63, 3.8) is 0 Å². The van der Waals surface area contributed by atoms with Gasteiger partial charge in [0.2, 0.25) is 0 Å². The molecule has 0 aromatic carbocycles. The molecule has 0 spiro atoms. The van der Waals surface area contributed by atoms with Crippen LogP contribution in [0.2, 0.25) is 0 Å². The maximum Gasteiger partial charge on any atom is 0.431 e. The van der Waals surface area contributed by atoms with Crippen molar-refractivity contribution in [3.05, 3.63) is 24.2 Å². The van der Waals surface area contributed by atoms with Gasteiger partial charge >= 0.3 is 12.1 Å². The Morgan fingerprint density at radius 2 is 2.05 bits per heavy atom. The molecule has 1 aliphatic heterocycles. The van der Waals surface area contributed by atoms with Crippen LogP contribution >= 0.6 is 0 Å². The fourth-order valence-electron chi connectivity index (χ4n) is 2.00. The summed E-state index contributed by atoms with van der Waals surface area (Å²) >= 11 is 0. The Bertz CT molecular complexity index is 572. The lowest BCUT2D eigenvalue weighted by Gasteiger charge is -2.41. The van der Waals surface area contributed by atoms with E-state index in [0.29, 0.717) is 5.01 Å². The number of aliphatic hydroxyl groups is 1. The number of hydrogen-bond acceptors (Lipinski definition) is 4. The number of alkyl halides is 3. The van der Waals surface area contributed by atoms with E-state index in [4.69, 9.17) is 4.42 Å². The molecule has 21 heavy (non-hydrogen) atoms. The molecule has 1 atom stereocenters. The monoisotopic (exact) mass is 304 g/mol. The zero-order chi connectivity index (χ0) is 16.1. The van der Waals surface area contributed by atoms with E-state index in [2.05, 4.69) is 5.10 Å². The van der Waals surface area contributed by atoms with Crippen LogP contribution < -0.4 is 0 Å². The van der Waals surface area contributed by atoms with Crippen molar-refractivity contribution in [1.29, 1.82) is 0 Å². The van der Waals surface area contributed by atoms with E-state index >= 15 is 0 Å². The normalized spacial score (nSPS) is 23.4. The molecule has 0 saturated carbocycles. The summed E-state index contributed by atoms with van der Waals surface area (Å²) in [5.74, 6) is -1.11. The molecule has 0 radical (unpaired) electrons. The van der Waals surface area contributed by atoms with Gasteiger partial charge in [0, 0.05) is 11.8 Å². The number of furan rings is 1. The minimum absolute atomic E-state index is 0.190. The van der Waals surface area contributed by atoms with Crippen LogP contribution in [0.25, 0.3) is 0 Å². The van der Waals surface area contributed by atoms with Gasteiger partial charge in [0.05, 0.1) is 6.26 Å². The molecule has 0 unspecified atom stereocenters. The first-order valence-electron chi connectivity index (χ1n) is 6.22. The van der Waals surface area contributed by atoms with Gasteiger partial charge in [0.15, 0.2) is 11.5 Å². The van der Waals surface area contributed by atoms with Gasteiger partial charge in [-0.1, -0.05) is 20.8 Å². The second-order valence-electron chi connectivity index (χ2n) is 5.88. The average molecular weight is 304 g/mol. The molecule has 0 bridgehead atoms. The van der Waals surface area contributed by atoms with Gasteiger partial charge in [-0.05, 0) is 12.1 Å². The largest absolute Gasteiger partial charge is 0.459 e. The molecule has 1 aromatic rings. The van der Waals surface area contributed by atoms with Gasteiger partial charge in [0.1, 0.15) is 5.71 Å². The van der Waals surface area contributed by atoms with Gasteiger partial charge in [0.25, 0.3) is 0 Å². The van der Waals surface area contributed by atoms with Crippen LogP contribution in [0, 0.1) is 5.41 Å². The van der Waals surface area contributed by atoms with Crippen LogP contribution in [0.4, 0.5) is 13.2 Å². The molecule has 1 aliphatic rings. The molecule has 116 valence electrons. The third-order valence-electron chi connectivity index (χ3n) is 3.44. The Hall–Kier alpha value is -1.83. The average Bonchev–Trinajstić information content (AvgIpc) is 2.93. The fraction of sp³-hybridized carbons (Fsp3) is 0.538. The molecule has 2 heterocycles. The molecule has 0 fully saturated rings. The summed E-state index contributed by atoms with van der Waals surface area (Å²) in [7, 11) is 0. The highest BCUT2D eigenvalue weighted by Gasteiger charge is 2.57. The minimum atomic E-state index is -4.71. The Morgan fingerprint density at radius 3 is 2.48 bits per heavy atom. The van der Waals surface area contributed by atoms with E-state index in [1.54, 1.807) is 0 Å². The van der Waals surface area contributed by atoms with Gasteiger partial charge in [-0.2, -0.15) is 23.3 Å². The Balaban J connectivity index is 2.47. The number of hydrogen-bond donors (Lipinski definition) is 1. The molecule has 0 saturated heterocycles. The summed E-state index contributed by atoms with van der Waals surface area (Å²) < 4.78 is 43.5. The van der Waals surface area contributed by atoms with E-state index < -0.39 is 35.4 Å². The topological polar surface area (TPSA) is 66.0 Å². The van der Waals surface area contributed by atoms with Gasteiger partial charge < -0.3 is 9.52 Å². The molecular formula is C13H15F3N2O3. The van der Waals surface area contributed by atoms with Gasteiger partial charge in [-0.15, -0.1) is 0 Å². The molecular weight excluding hydrogens is 289 g/mol. The number of rotatable bonds is 1. The summed E-state index contributed by atoms with van der Waals surface area (Å²) in [6.07, 6.45) is -4.28. The van der Waals surface area contributed by atoms with Gasteiger partial charge in [-0.25, -0.2) is 0 Å². The Morgan fingerprint density at radius 1 is 1.43 bits per heavy atom. The predicted octanol–water partition coefficient (Wildman–Crippen LogP) is 2.78. The van der Waals surface area contributed by atoms with Crippen LogP contribution in [-0.4, -0.2) is 33.6 Å². The number of hydrazone groups is 1. The highest BCUT2D eigenvalue weighted by Crippen LogP contribution is 2.43. The Labute approximate surface area is 119 Å². The van der Waals surface area contributed by atoms with E-state index in [0.717, 1.165) is 0 Å². The molecule has 1 N–H and O–H groups in total. The van der Waals surface area contributed by atoms with Crippen molar-refractivity contribution in [2.45, 2.75) is 39.1 Å². The van der Waals surface area contributed by atoms with Crippen molar-refractivity contribution >= 4 is 11.6 Å². The van der Waals surface area contributed by atoms with Gasteiger partial charge in [-0.3, -0.25) is 4.79 Å². The summed E-state index contributed by atoms with van der Waals surface area (Å²) in [5, 5.41) is 14.4. The highest BCUT2D eigenvalue weighted by molar-refractivity contribution is 5.98. The SMILES string of the molecule is CC(C)(C)[C@@]1(O)CC(C(F)(F)F)=NN1C(=O)c1ccco1. The summed E-state index contributed by atoms with van der Waals surface area (Å²) in [6.45, 7) is 4.60. The van der Waals surface area contributed by atoms with Crippen molar-refractivity contribution in [2.75, 3.05) is 0 Å². The third-order valence-corrected chi connectivity index (χ3v) is 3.44. The van der Waals surface area contributed by atoms with Crippen LogP contribution in [0.3, 0.4) is 0 Å². The zero-order valence-corrected chi connectivity index (χ0v) is 11.7. The minimum Gasteiger partial charge on any atom is -0.459 e. The van der Waals surface area contributed by atoms with Crippen LogP contribution in [0.5, 0.6) is 0 Å². The number of halogens is 3. The maximum absolute atomic E-state index is 12.9. The first-order chi connectivity index (χ1) is 9.47. The maximum atomic E-state index is 12.9. The van der Waals surface area contributed by atoms with Crippen molar-refractivity contribution < 1.29 is 27.5 Å². The summed E-state index contributed by atoms with van der Waals surface area (Å²) in [6, 6.07) is 2.72. The fourth-order valence-corrected chi connectivity index (χ4v) is 2.00. The standard InChI is InChI=1S/C13H15F3N2O3/c1-11(2,3)12(20)7-9(13(14,15)16)17-18(12)10(19)8-5-4-6-21-8/h4-6,20H,7H2,1-3H3/t12-/m0/s1. The first-order valence-corrected chi connectivity index (χ1v) is 6.22. The van der Waals surface area contributed by atoms with Crippen LogP contribution in [-0.2, 0) is 0 Å². The second kappa shape index (κ2) is 4.59. The van der Waals surface area contributed by atoms with Crippen LogP contribution in [0.15, 0.2) is 27.9 Å². The molecule has 8 heteroatoms. The van der Waals surface area contributed by atoms with E-state index in [1.807, 2.05) is 0 Å². The summed E-state index contributed by atoms with van der Waals surface area (Å²) in [4.78, 5) is 12.2.